The summed E-state index contributed by atoms with van der Waals surface area (Å²) in [6.45, 7) is 5.81. The Balaban J connectivity index is 1.76. The minimum absolute atomic E-state index is 0.155. The Morgan fingerprint density at radius 1 is 1.19 bits per heavy atom. The molecule has 4 unspecified atom stereocenters. The van der Waals surface area contributed by atoms with Gasteiger partial charge in [-0.05, 0) is 32.1 Å². The van der Waals surface area contributed by atoms with Crippen LogP contribution in [0.3, 0.4) is 0 Å². The molecule has 2 N–H and O–H groups in total. The van der Waals surface area contributed by atoms with E-state index in [2.05, 4.69) is 11.8 Å². The van der Waals surface area contributed by atoms with E-state index in [1.54, 1.807) is 0 Å². The molecule has 0 aromatic carbocycles. The van der Waals surface area contributed by atoms with E-state index in [-0.39, 0.29) is 5.54 Å². The van der Waals surface area contributed by atoms with Crippen molar-refractivity contribution >= 4 is 0 Å². The molecule has 0 spiro atoms. The summed E-state index contributed by atoms with van der Waals surface area (Å²) < 4.78 is 12.0. The van der Waals surface area contributed by atoms with E-state index >= 15 is 0 Å². The monoisotopic (exact) mass is 296 g/mol. The van der Waals surface area contributed by atoms with Gasteiger partial charge in [-0.1, -0.05) is 26.2 Å². The van der Waals surface area contributed by atoms with Gasteiger partial charge in [-0.25, -0.2) is 0 Å². The fourth-order valence-electron chi connectivity index (χ4n) is 4.76. The van der Waals surface area contributed by atoms with Gasteiger partial charge in [-0.15, -0.1) is 0 Å². The molecule has 0 aromatic heterocycles. The minimum Gasteiger partial charge on any atom is -0.378 e. The Hall–Kier alpha value is -0.160. The average Bonchev–Trinajstić information content (AvgIpc) is 2.55. The highest BCUT2D eigenvalue weighted by atomic mass is 16.5. The minimum atomic E-state index is 0.155. The molecule has 3 aliphatic rings. The van der Waals surface area contributed by atoms with Crippen LogP contribution in [0.1, 0.15) is 58.3 Å². The van der Waals surface area contributed by atoms with E-state index in [0.29, 0.717) is 18.2 Å². The first-order chi connectivity index (χ1) is 10.3. The second-order valence-electron chi connectivity index (χ2n) is 7.12. The molecule has 1 saturated carbocycles. The summed E-state index contributed by atoms with van der Waals surface area (Å²) >= 11 is 0. The van der Waals surface area contributed by atoms with Gasteiger partial charge in [0.1, 0.15) is 0 Å². The Labute approximate surface area is 129 Å². The van der Waals surface area contributed by atoms with Crippen molar-refractivity contribution in [2.75, 3.05) is 26.3 Å². The molecule has 4 heteroatoms. The molecule has 2 aliphatic heterocycles. The molecule has 4 atom stereocenters. The molecule has 122 valence electrons. The van der Waals surface area contributed by atoms with Gasteiger partial charge >= 0.3 is 0 Å². The highest BCUT2D eigenvalue weighted by Gasteiger charge is 2.47. The van der Waals surface area contributed by atoms with Gasteiger partial charge in [-0.3, -0.25) is 4.90 Å². The Morgan fingerprint density at radius 2 is 2.05 bits per heavy atom. The maximum absolute atomic E-state index is 6.31. The van der Waals surface area contributed by atoms with Crippen LogP contribution in [0, 0.1) is 0 Å². The molecule has 4 nitrogen and oxygen atoms in total. The van der Waals surface area contributed by atoms with Gasteiger partial charge in [0.2, 0.25) is 0 Å². The van der Waals surface area contributed by atoms with Gasteiger partial charge in [0.05, 0.1) is 18.8 Å². The van der Waals surface area contributed by atoms with Gasteiger partial charge in [0, 0.05) is 31.3 Å². The highest BCUT2D eigenvalue weighted by Crippen LogP contribution is 2.39. The van der Waals surface area contributed by atoms with E-state index < -0.39 is 0 Å². The zero-order chi connectivity index (χ0) is 14.7. The molecular formula is C17H32N2O2. The lowest BCUT2D eigenvalue weighted by Gasteiger charge is -2.55. The van der Waals surface area contributed by atoms with E-state index in [1.165, 1.54) is 38.5 Å². The van der Waals surface area contributed by atoms with Gasteiger partial charge in [0.25, 0.3) is 0 Å². The number of nitrogens with two attached hydrogens (primary N) is 1. The smallest absolute Gasteiger partial charge is 0.0731 e. The fourth-order valence-corrected chi connectivity index (χ4v) is 4.76. The van der Waals surface area contributed by atoms with Crippen molar-refractivity contribution in [1.82, 2.24) is 4.90 Å². The van der Waals surface area contributed by atoms with Crippen LogP contribution in [0.25, 0.3) is 0 Å². The van der Waals surface area contributed by atoms with E-state index in [0.717, 1.165) is 39.1 Å². The summed E-state index contributed by atoms with van der Waals surface area (Å²) in [6.07, 6.45) is 10.6. The molecule has 3 rings (SSSR count). The van der Waals surface area contributed by atoms with Crippen LogP contribution in [0.15, 0.2) is 0 Å². The number of nitrogens with zero attached hydrogens (tertiary/aromatic N) is 1. The maximum atomic E-state index is 6.31. The standard InChI is InChI=1S/C17H32N2O2/c1-2-5-14-12-17(13-18,8-10-20-14)19-9-11-21-16-7-4-3-6-15(16)19/h14-16H,2-13,18H2,1H3. The summed E-state index contributed by atoms with van der Waals surface area (Å²) in [7, 11) is 0. The number of morpholine rings is 1. The van der Waals surface area contributed by atoms with Gasteiger partial charge in [0.15, 0.2) is 0 Å². The predicted octanol–water partition coefficient (Wildman–Crippen LogP) is 2.31. The zero-order valence-electron chi connectivity index (χ0n) is 13.6. The molecule has 2 saturated heterocycles. The van der Waals surface area contributed by atoms with Gasteiger partial charge < -0.3 is 15.2 Å². The Bertz CT molecular complexity index is 335. The van der Waals surface area contributed by atoms with Crippen LogP contribution in [0.5, 0.6) is 0 Å². The Kier molecular flexibility index (Phi) is 5.20. The molecule has 0 aromatic rings. The Morgan fingerprint density at radius 3 is 2.86 bits per heavy atom. The first-order valence-electron chi connectivity index (χ1n) is 8.99. The maximum Gasteiger partial charge on any atom is 0.0731 e. The quantitative estimate of drug-likeness (QED) is 0.865. The van der Waals surface area contributed by atoms with E-state index in [4.69, 9.17) is 15.2 Å². The van der Waals surface area contributed by atoms with Crippen LogP contribution < -0.4 is 5.73 Å². The normalized spacial score (nSPS) is 41.7. The number of ether oxygens (including phenoxy) is 2. The third-order valence-electron chi connectivity index (χ3n) is 5.86. The molecular weight excluding hydrogens is 264 g/mol. The summed E-state index contributed by atoms with van der Waals surface area (Å²) in [4.78, 5) is 2.74. The SMILES string of the molecule is CCCC1CC(CN)(N2CCOC3CCCCC32)CCO1. The van der Waals surface area contributed by atoms with Crippen molar-refractivity contribution in [3.05, 3.63) is 0 Å². The van der Waals surface area contributed by atoms with Crippen LogP contribution in [0.4, 0.5) is 0 Å². The number of rotatable bonds is 4. The molecule has 1 aliphatic carbocycles. The number of hydrogen-bond acceptors (Lipinski definition) is 4. The molecule has 2 heterocycles. The van der Waals surface area contributed by atoms with Crippen LogP contribution in [-0.2, 0) is 9.47 Å². The molecule has 21 heavy (non-hydrogen) atoms. The average molecular weight is 296 g/mol. The lowest BCUT2D eigenvalue weighted by Crippen LogP contribution is -2.66. The van der Waals surface area contributed by atoms with Crippen LogP contribution in [-0.4, -0.2) is 55.0 Å². The lowest BCUT2D eigenvalue weighted by molar-refractivity contribution is -0.156. The van der Waals surface area contributed by atoms with Crippen molar-refractivity contribution < 1.29 is 9.47 Å². The highest BCUT2D eigenvalue weighted by molar-refractivity contribution is 5.02. The zero-order valence-corrected chi connectivity index (χ0v) is 13.6. The third kappa shape index (κ3) is 3.14. The third-order valence-corrected chi connectivity index (χ3v) is 5.86. The van der Waals surface area contributed by atoms with E-state index in [1.807, 2.05) is 0 Å². The predicted molar refractivity (Wildman–Crippen MR) is 84.4 cm³/mol. The van der Waals surface area contributed by atoms with Crippen molar-refractivity contribution in [1.29, 1.82) is 0 Å². The second kappa shape index (κ2) is 6.95. The van der Waals surface area contributed by atoms with Gasteiger partial charge in [-0.2, -0.15) is 0 Å². The topological polar surface area (TPSA) is 47.7 Å². The number of hydrogen-bond donors (Lipinski definition) is 1. The van der Waals surface area contributed by atoms with Crippen LogP contribution in [0.2, 0.25) is 0 Å². The second-order valence-corrected chi connectivity index (χ2v) is 7.12. The largest absolute Gasteiger partial charge is 0.378 e. The molecule has 3 fully saturated rings. The first-order valence-corrected chi connectivity index (χ1v) is 8.99. The number of fused-ring (bicyclic) bond motifs is 1. The summed E-state index contributed by atoms with van der Waals surface area (Å²) in [6, 6.07) is 0.594. The van der Waals surface area contributed by atoms with Crippen molar-refractivity contribution in [3.63, 3.8) is 0 Å². The van der Waals surface area contributed by atoms with Crippen LogP contribution >= 0.6 is 0 Å². The van der Waals surface area contributed by atoms with Crippen molar-refractivity contribution in [3.8, 4) is 0 Å². The fraction of sp³-hybridized carbons (Fsp3) is 1.00. The van der Waals surface area contributed by atoms with Crippen molar-refractivity contribution in [2.24, 2.45) is 5.73 Å². The summed E-state index contributed by atoms with van der Waals surface area (Å²) in [5, 5.41) is 0. The molecule has 0 bridgehead atoms. The summed E-state index contributed by atoms with van der Waals surface area (Å²) in [5.41, 5.74) is 6.47. The first kappa shape index (κ1) is 15.7. The summed E-state index contributed by atoms with van der Waals surface area (Å²) in [5.74, 6) is 0. The lowest BCUT2D eigenvalue weighted by atomic mass is 9.79. The van der Waals surface area contributed by atoms with Crippen molar-refractivity contribution in [2.45, 2.75) is 82.1 Å². The molecule has 0 radical (unpaired) electrons. The van der Waals surface area contributed by atoms with E-state index in [9.17, 15) is 0 Å². The molecule has 0 amide bonds.